The highest BCUT2D eigenvalue weighted by Gasteiger charge is 2.26. The van der Waals surface area contributed by atoms with Crippen molar-refractivity contribution in [2.75, 3.05) is 18.0 Å². The Morgan fingerprint density at radius 3 is 2.62 bits per heavy atom. The summed E-state index contributed by atoms with van der Waals surface area (Å²) in [7, 11) is 0. The van der Waals surface area contributed by atoms with E-state index >= 15 is 0 Å². The lowest BCUT2D eigenvalue weighted by molar-refractivity contribution is -0.119. The van der Waals surface area contributed by atoms with Crippen molar-refractivity contribution in [1.29, 1.82) is 0 Å². The third kappa shape index (κ3) is 4.31. The lowest BCUT2D eigenvalue weighted by atomic mass is 10.1. The van der Waals surface area contributed by atoms with E-state index in [1.165, 1.54) is 19.1 Å². The predicted octanol–water partition coefficient (Wildman–Crippen LogP) is 3.82. The first-order valence-corrected chi connectivity index (χ1v) is 8.66. The predicted molar refractivity (Wildman–Crippen MR) is 96.3 cm³/mol. The van der Waals surface area contributed by atoms with Gasteiger partial charge in [0.2, 0.25) is 5.91 Å². The van der Waals surface area contributed by atoms with Gasteiger partial charge in [0.15, 0.2) is 0 Å². The first kappa shape index (κ1) is 18.2. The van der Waals surface area contributed by atoms with Crippen molar-refractivity contribution in [2.45, 2.75) is 32.4 Å². The second-order valence-corrected chi connectivity index (χ2v) is 6.56. The van der Waals surface area contributed by atoms with Gasteiger partial charge in [0.25, 0.3) is 0 Å². The van der Waals surface area contributed by atoms with Crippen LogP contribution in [-0.4, -0.2) is 25.1 Å². The zero-order valence-electron chi connectivity index (χ0n) is 14.8. The third-order valence-corrected chi connectivity index (χ3v) is 4.50. The number of hydrogen-bond acceptors (Lipinski definition) is 3. The van der Waals surface area contributed by atoms with Gasteiger partial charge in [0.1, 0.15) is 23.5 Å². The van der Waals surface area contributed by atoms with Crippen molar-refractivity contribution in [2.24, 2.45) is 0 Å². The second kappa shape index (κ2) is 7.72. The molecule has 1 amide bonds. The van der Waals surface area contributed by atoms with Crippen LogP contribution in [0.3, 0.4) is 0 Å². The molecule has 1 unspecified atom stereocenters. The first-order chi connectivity index (χ1) is 12.4. The lowest BCUT2D eigenvalue weighted by Crippen LogP contribution is -2.25. The molecule has 6 heteroatoms. The highest BCUT2D eigenvalue weighted by atomic mass is 19.1. The summed E-state index contributed by atoms with van der Waals surface area (Å²) in [4.78, 5) is 13.0. The van der Waals surface area contributed by atoms with Crippen molar-refractivity contribution < 1.29 is 18.3 Å². The molecule has 0 aliphatic carbocycles. The minimum absolute atomic E-state index is 0.0573. The first-order valence-electron chi connectivity index (χ1n) is 8.66. The summed E-state index contributed by atoms with van der Waals surface area (Å²) in [5.74, 6) is -0.471. The van der Waals surface area contributed by atoms with Crippen LogP contribution in [0.5, 0.6) is 5.75 Å². The van der Waals surface area contributed by atoms with E-state index < -0.39 is 11.6 Å². The number of nitrogens with zero attached hydrogens (tertiary/aromatic N) is 1. The smallest absolute Gasteiger partial charge is 0.217 e. The molecule has 2 aromatic rings. The van der Waals surface area contributed by atoms with E-state index in [4.69, 9.17) is 4.74 Å². The topological polar surface area (TPSA) is 41.6 Å². The maximum absolute atomic E-state index is 13.9. The maximum atomic E-state index is 13.9. The standard InChI is InChI=1S/C20H22F2N2O2/c1-13(23-14(2)25)15-3-6-17(7-4-15)26-18-9-10-24(12-18)20-8-5-16(21)11-19(20)22/h3-8,11,13,18H,9-10,12H2,1-2H3,(H,23,25)/t13-,18?/m0/s1. The molecule has 3 rings (SSSR count). The van der Waals surface area contributed by atoms with Crippen molar-refractivity contribution in [3.8, 4) is 5.75 Å². The summed E-state index contributed by atoms with van der Waals surface area (Å²) in [6.07, 6.45) is 0.707. The van der Waals surface area contributed by atoms with Gasteiger partial charge in [0.05, 0.1) is 18.3 Å². The van der Waals surface area contributed by atoms with E-state index in [0.717, 1.165) is 23.8 Å². The zero-order valence-corrected chi connectivity index (χ0v) is 14.8. The van der Waals surface area contributed by atoms with E-state index in [1.807, 2.05) is 36.1 Å². The fraction of sp³-hybridized carbons (Fsp3) is 0.350. The molecule has 1 aliphatic heterocycles. The van der Waals surface area contributed by atoms with E-state index in [9.17, 15) is 13.6 Å². The van der Waals surface area contributed by atoms with Crippen molar-refractivity contribution in [1.82, 2.24) is 5.32 Å². The summed E-state index contributed by atoms with van der Waals surface area (Å²) >= 11 is 0. The Bertz CT molecular complexity index is 780. The van der Waals surface area contributed by atoms with Crippen LogP contribution in [0.4, 0.5) is 14.5 Å². The van der Waals surface area contributed by atoms with Crippen LogP contribution in [0, 0.1) is 11.6 Å². The number of carbonyl (C=O) groups excluding carboxylic acids is 1. The molecule has 4 nitrogen and oxygen atoms in total. The fourth-order valence-electron chi connectivity index (χ4n) is 3.20. The summed E-state index contributed by atoms with van der Waals surface area (Å²) in [5.41, 5.74) is 1.39. The molecule has 0 saturated carbocycles. The average Bonchev–Trinajstić information content (AvgIpc) is 3.03. The largest absolute Gasteiger partial charge is 0.489 e. The molecule has 0 spiro atoms. The lowest BCUT2D eigenvalue weighted by Gasteiger charge is -2.20. The Balaban J connectivity index is 1.59. The number of carbonyl (C=O) groups is 1. The molecule has 0 aromatic heterocycles. The van der Waals surface area contributed by atoms with Crippen LogP contribution in [0.1, 0.15) is 31.9 Å². The fourth-order valence-corrected chi connectivity index (χ4v) is 3.20. The van der Waals surface area contributed by atoms with Gasteiger partial charge in [-0.25, -0.2) is 8.78 Å². The number of rotatable bonds is 5. The molecular formula is C20H22F2N2O2. The minimum atomic E-state index is -0.577. The van der Waals surface area contributed by atoms with Gasteiger partial charge in [-0.05, 0) is 36.8 Å². The number of benzene rings is 2. The van der Waals surface area contributed by atoms with E-state index in [0.29, 0.717) is 18.8 Å². The summed E-state index contributed by atoms with van der Waals surface area (Å²) < 4.78 is 32.9. The molecule has 2 aromatic carbocycles. The van der Waals surface area contributed by atoms with Gasteiger partial charge >= 0.3 is 0 Å². The third-order valence-electron chi connectivity index (χ3n) is 4.50. The summed E-state index contributed by atoms with van der Waals surface area (Å²) in [6, 6.07) is 11.1. The van der Waals surface area contributed by atoms with Gasteiger partial charge in [-0.2, -0.15) is 0 Å². The summed E-state index contributed by atoms with van der Waals surface area (Å²) in [6.45, 7) is 4.62. The number of anilines is 1. The molecule has 26 heavy (non-hydrogen) atoms. The van der Waals surface area contributed by atoms with Crippen molar-refractivity contribution in [3.05, 3.63) is 59.7 Å². The monoisotopic (exact) mass is 360 g/mol. The Hall–Kier alpha value is -2.63. The summed E-state index contributed by atoms with van der Waals surface area (Å²) in [5, 5.41) is 2.84. The highest BCUT2D eigenvalue weighted by Crippen LogP contribution is 2.27. The Morgan fingerprint density at radius 2 is 1.96 bits per heavy atom. The van der Waals surface area contributed by atoms with Crippen LogP contribution < -0.4 is 15.0 Å². The normalized spacial score (nSPS) is 17.8. The minimum Gasteiger partial charge on any atom is -0.489 e. The van der Waals surface area contributed by atoms with E-state index in [1.54, 1.807) is 0 Å². The SMILES string of the molecule is CC(=O)N[C@@H](C)c1ccc(OC2CCN(c3ccc(F)cc3F)C2)cc1. The number of hydrogen-bond donors (Lipinski definition) is 1. The molecule has 1 saturated heterocycles. The number of amides is 1. The number of ether oxygens (including phenoxy) is 1. The van der Waals surface area contributed by atoms with Crippen LogP contribution in [0.2, 0.25) is 0 Å². The molecule has 1 heterocycles. The number of halogens is 2. The molecule has 1 N–H and O–H groups in total. The zero-order chi connectivity index (χ0) is 18.7. The van der Waals surface area contributed by atoms with E-state index in [-0.39, 0.29) is 18.1 Å². The van der Waals surface area contributed by atoms with Crippen LogP contribution in [0.15, 0.2) is 42.5 Å². The molecule has 2 atom stereocenters. The van der Waals surface area contributed by atoms with Gasteiger partial charge < -0.3 is 15.0 Å². The Kier molecular flexibility index (Phi) is 5.40. The van der Waals surface area contributed by atoms with Crippen molar-refractivity contribution in [3.63, 3.8) is 0 Å². The highest BCUT2D eigenvalue weighted by molar-refractivity contribution is 5.73. The average molecular weight is 360 g/mol. The number of nitrogens with one attached hydrogen (secondary N) is 1. The Labute approximate surface area is 151 Å². The molecule has 0 bridgehead atoms. The van der Waals surface area contributed by atoms with Gasteiger partial charge in [-0.1, -0.05) is 12.1 Å². The molecule has 138 valence electrons. The Morgan fingerprint density at radius 1 is 1.23 bits per heavy atom. The van der Waals surface area contributed by atoms with E-state index in [2.05, 4.69) is 5.32 Å². The van der Waals surface area contributed by atoms with Gasteiger partial charge in [-0.15, -0.1) is 0 Å². The molecule has 1 fully saturated rings. The second-order valence-electron chi connectivity index (χ2n) is 6.56. The molecular weight excluding hydrogens is 338 g/mol. The quantitative estimate of drug-likeness (QED) is 0.881. The van der Waals surface area contributed by atoms with Crippen LogP contribution in [0.25, 0.3) is 0 Å². The van der Waals surface area contributed by atoms with Crippen LogP contribution in [-0.2, 0) is 4.79 Å². The van der Waals surface area contributed by atoms with Gasteiger partial charge in [0, 0.05) is 26.0 Å². The van der Waals surface area contributed by atoms with Crippen LogP contribution >= 0.6 is 0 Å². The molecule has 0 radical (unpaired) electrons. The molecule has 1 aliphatic rings. The van der Waals surface area contributed by atoms with Gasteiger partial charge in [-0.3, -0.25) is 4.79 Å². The van der Waals surface area contributed by atoms with Crippen molar-refractivity contribution >= 4 is 11.6 Å². The maximum Gasteiger partial charge on any atom is 0.217 e.